The lowest BCUT2D eigenvalue weighted by atomic mass is 10.3. The quantitative estimate of drug-likeness (QED) is 0.800. The second kappa shape index (κ2) is 5.06. The van der Waals surface area contributed by atoms with Gasteiger partial charge in [0.1, 0.15) is 10.4 Å². The van der Waals surface area contributed by atoms with Crippen LogP contribution < -0.4 is 10.6 Å². The van der Waals surface area contributed by atoms with Crippen molar-refractivity contribution in [1.29, 1.82) is 0 Å². The Balaban J connectivity index is 2.05. The van der Waals surface area contributed by atoms with Gasteiger partial charge in [-0.15, -0.1) is 11.3 Å². The number of benzene rings is 1. The van der Waals surface area contributed by atoms with Crippen molar-refractivity contribution in [2.24, 2.45) is 0 Å². The summed E-state index contributed by atoms with van der Waals surface area (Å²) in [6, 6.07) is 6.60. The number of hydrogen-bond acceptors (Lipinski definition) is 6. The summed E-state index contributed by atoms with van der Waals surface area (Å²) in [4.78, 5) is 23.4. The standard InChI is InChI=1S/C16H16N4O2S/c1-19(2)13-12-14(17-15(23-12)9-6-7-9)20(16(22)18-13)10-4-3-5-11(21)8-10/h3-5,8-9,21H,6-7H2,1-2H3. The van der Waals surface area contributed by atoms with Crippen LogP contribution in [0.5, 0.6) is 5.75 Å². The van der Waals surface area contributed by atoms with Gasteiger partial charge >= 0.3 is 5.69 Å². The zero-order valence-electron chi connectivity index (χ0n) is 12.9. The number of anilines is 1. The van der Waals surface area contributed by atoms with Crippen molar-refractivity contribution in [3.05, 3.63) is 39.8 Å². The summed E-state index contributed by atoms with van der Waals surface area (Å²) in [7, 11) is 3.74. The Bertz CT molecular complexity index is 956. The normalized spacial score (nSPS) is 14.3. The number of nitrogens with zero attached hydrogens (tertiary/aromatic N) is 4. The molecule has 2 aromatic heterocycles. The molecule has 3 aromatic rings. The highest BCUT2D eigenvalue weighted by molar-refractivity contribution is 7.19. The number of thiazole rings is 1. The summed E-state index contributed by atoms with van der Waals surface area (Å²) >= 11 is 1.61. The van der Waals surface area contributed by atoms with Crippen LogP contribution in [-0.4, -0.2) is 33.7 Å². The largest absolute Gasteiger partial charge is 0.508 e. The summed E-state index contributed by atoms with van der Waals surface area (Å²) in [6.07, 6.45) is 2.31. The minimum atomic E-state index is -0.389. The Morgan fingerprint density at radius 3 is 2.74 bits per heavy atom. The van der Waals surface area contributed by atoms with Crippen molar-refractivity contribution in [3.63, 3.8) is 0 Å². The summed E-state index contributed by atoms with van der Waals surface area (Å²) in [5.41, 5.74) is 0.802. The first-order valence-electron chi connectivity index (χ1n) is 7.45. The number of rotatable bonds is 3. The molecule has 1 saturated carbocycles. The molecule has 1 N–H and O–H groups in total. The van der Waals surface area contributed by atoms with Crippen LogP contribution >= 0.6 is 11.3 Å². The minimum Gasteiger partial charge on any atom is -0.508 e. The number of aromatic hydroxyl groups is 1. The molecule has 1 aromatic carbocycles. The summed E-state index contributed by atoms with van der Waals surface area (Å²) in [6.45, 7) is 0. The maximum Gasteiger partial charge on any atom is 0.355 e. The van der Waals surface area contributed by atoms with E-state index >= 15 is 0 Å². The zero-order chi connectivity index (χ0) is 16.1. The van der Waals surface area contributed by atoms with Gasteiger partial charge in [0.2, 0.25) is 0 Å². The lowest BCUT2D eigenvalue weighted by Gasteiger charge is -2.13. The second-order valence-corrected chi connectivity index (χ2v) is 6.98. The van der Waals surface area contributed by atoms with Crippen LogP contribution in [0.25, 0.3) is 16.0 Å². The molecule has 4 rings (SSSR count). The van der Waals surface area contributed by atoms with E-state index in [2.05, 4.69) is 4.98 Å². The van der Waals surface area contributed by atoms with Gasteiger partial charge in [0.15, 0.2) is 11.5 Å². The van der Waals surface area contributed by atoms with E-state index in [9.17, 15) is 9.90 Å². The van der Waals surface area contributed by atoms with E-state index in [0.717, 1.165) is 22.5 Å². The van der Waals surface area contributed by atoms with E-state index in [1.165, 1.54) is 4.57 Å². The molecule has 0 spiro atoms. The van der Waals surface area contributed by atoms with Gasteiger partial charge in [0.25, 0.3) is 0 Å². The zero-order valence-corrected chi connectivity index (χ0v) is 13.7. The first kappa shape index (κ1) is 14.2. The van der Waals surface area contributed by atoms with Gasteiger partial charge in [-0.1, -0.05) is 6.07 Å². The number of hydrogen-bond donors (Lipinski definition) is 1. The Labute approximate surface area is 136 Å². The monoisotopic (exact) mass is 328 g/mol. The smallest absolute Gasteiger partial charge is 0.355 e. The second-order valence-electron chi connectivity index (χ2n) is 5.95. The van der Waals surface area contributed by atoms with Crippen LogP contribution in [-0.2, 0) is 0 Å². The molecule has 0 saturated heterocycles. The number of phenols is 1. The number of aromatic nitrogens is 3. The first-order chi connectivity index (χ1) is 11.0. The van der Waals surface area contributed by atoms with E-state index < -0.39 is 0 Å². The van der Waals surface area contributed by atoms with Gasteiger partial charge in [0, 0.05) is 26.1 Å². The highest BCUT2D eigenvalue weighted by atomic mass is 32.1. The van der Waals surface area contributed by atoms with Crippen LogP contribution in [0.2, 0.25) is 0 Å². The molecule has 0 amide bonds. The fraction of sp³-hybridized carbons (Fsp3) is 0.312. The van der Waals surface area contributed by atoms with Gasteiger partial charge in [-0.05, 0) is 25.0 Å². The van der Waals surface area contributed by atoms with Gasteiger partial charge in [-0.25, -0.2) is 14.3 Å². The topological polar surface area (TPSA) is 71.2 Å². The third kappa shape index (κ3) is 2.37. The van der Waals surface area contributed by atoms with Gasteiger partial charge in [-0.2, -0.15) is 4.98 Å². The molecular weight excluding hydrogens is 312 g/mol. The van der Waals surface area contributed by atoms with E-state index in [-0.39, 0.29) is 11.4 Å². The molecule has 23 heavy (non-hydrogen) atoms. The summed E-state index contributed by atoms with van der Waals surface area (Å²) < 4.78 is 2.38. The fourth-order valence-electron chi connectivity index (χ4n) is 2.58. The predicted molar refractivity (Wildman–Crippen MR) is 91.0 cm³/mol. The van der Waals surface area contributed by atoms with Crippen molar-refractivity contribution < 1.29 is 5.11 Å². The van der Waals surface area contributed by atoms with E-state index in [1.807, 2.05) is 19.0 Å². The minimum absolute atomic E-state index is 0.108. The molecule has 0 aliphatic heterocycles. The summed E-state index contributed by atoms with van der Waals surface area (Å²) in [5.74, 6) is 1.26. The Kier molecular flexibility index (Phi) is 3.12. The van der Waals surface area contributed by atoms with Crippen LogP contribution in [0.1, 0.15) is 23.8 Å². The van der Waals surface area contributed by atoms with Gasteiger partial charge in [-0.3, -0.25) is 0 Å². The third-order valence-electron chi connectivity index (χ3n) is 3.87. The highest BCUT2D eigenvalue weighted by Gasteiger charge is 2.29. The van der Waals surface area contributed by atoms with Crippen molar-refractivity contribution in [3.8, 4) is 11.4 Å². The fourth-order valence-corrected chi connectivity index (χ4v) is 3.87. The molecule has 1 fully saturated rings. The molecule has 0 radical (unpaired) electrons. The number of phenolic OH excluding ortho intramolecular Hbond substituents is 1. The van der Waals surface area contributed by atoms with E-state index in [1.54, 1.807) is 35.6 Å². The lowest BCUT2D eigenvalue weighted by molar-refractivity contribution is 0.475. The van der Waals surface area contributed by atoms with Crippen LogP contribution in [0, 0.1) is 0 Å². The maximum absolute atomic E-state index is 12.6. The Morgan fingerprint density at radius 2 is 2.09 bits per heavy atom. The third-order valence-corrected chi connectivity index (χ3v) is 5.07. The average molecular weight is 328 g/mol. The van der Waals surface area contributed by atoms with E-state index in [4.69, 9.17) is 4.98 Å². The van der Waals surface area contributed by atoms with Gasteiger partial charge < -0.3 is 10.0 Å². The van der Waals surface area contributed by atoms with Crippen LogP contribution in [0.3, 0.4) is 0 Å². The van der Waals surface area contributed by atoms with Crippen LogP contribution in [0.4, 0.5) is 5.82 Å². The molecule has 1 aliphatic carbocycles. The van der Waals surface area contributed by atoms with E-state index in [0.29, 0.717) is 23.1 Å². The molecule has 6 nitrogen and oxygen atoms in total. The maximum atomic E-state index is 12.6. The molecule has 1 aliphatic rings. The molecule has 118 valence electrons. The first-order valence-corrected chi connectivity index (χ1v) is 8.26. The molecular formula is C16H16N4O2S. The number of fused-ring (bicyclic) bond motifs is 1. The molecule has 0 bridgehead atoms. The van der Waals surface area contributed by atoms with Crippen LogP contribution in [0.15, 0.2) is 29.1 Å². The van der Waals surface area contributed by atoms with Crippen molar-refractivity contribution in [1.82, 2.24) is 14.5 Å². The van der Waals surface area contributed by atoms with Crippen molar-refractivity contribution in [2.75, 3.05) is 19.0 Å². The lowest BCUT2D eigenvalue weighted by Crippen LogP contribution is -2.25. The van der Waals surface area contributed by atoms with Crippen molar-refractivity contribution >= 4 is 27.5 Å². The predicted octanol–water partition coefficient (Wildman–Crippen LogP) is 2.49. The Morgan fingerprint density at radius 1 is 1.30 bits per heavy atom. The molecule has 0 atom stereocenters. The summed E-state index contributed by atoms with van der Waals surface area (Å²) in [5, 5.41) is 10.8. The average Bonchev–Trinajstić information content (AvgIpc) is 3.26. The molecule has 7 heteroatoms. The molecule has 0 unspecified atom stereocenters. The molecule has 2 heterocycles. The van der Waals surface area contributed by atoms with Crippen molar-refractivity contribution in [2.45, 2.75) is 18.8 Å². The Hall–Kier alpha value is -2.41. The SMILES string of the molecule is CN(C)c1nc(=O)n(-c2cccc(O)c2)c2nc(C3CC3)sc12. The highest BCUT2D eigenvalue weighted by Crippen LogP contribution is 2.44. The van der Waals surface area contributed by atoms with Gasteiger partial charge in [0.05, 0.1) is 10.7 Å².